The van der Waals surface area contributed by atoms with Crippen molar-refractivity contribution in [1.82, 2.24) is 0 Å². The molecule has 0 spiro atoms. The van der Waals surface area contributed by atoms with Crippen molar-refractivity contribution in [3.8, 4) is 5.75 Å². The van der Waals surface area contributed by atoms with Crippen LogP contribution in [0, 0.1) is 11.6 Å². The summed E-state index contributed by atoms with van der Waals surface area (Å²) in [6, 6.07) is 12.5. The van der Waals surface area contributed by atoms with Gasteiger partial charge in [0.25, 0.3) is 11.8 Å². The van der Waals surface area contributed by atoms with Gasteiger partial charge in [-0.3, -0.25) is 14.4 Å². The topological polar surface area (TPSA) is 125 Å². The van der Waals surface area contributed by atoms with E-state index in [1.54, 1.807) is 29.2 Å². The second-order valence-corrected chi connectivity index (χ2v) is 8.58. The van der Waals surface area contributed by atoms with Crippen molar-refractivity contribution in [3.63, 3.8) is 0 Å². The summed E-state index contributed by atoms with van der Waals surface area (Å²) < 4.78 is 31.9. The normalized spacial score (nSPS) is 13.7. The Balaban J connectivity index is 1.34. The molecule has 4 rings (SSSR count). The van der Waals surface area contributed by atoms with Crippen LogP contribution in [-0.4, -0.2) is 41.4 Å². The minimum absolute atomic E-state index is 0.0444. The predicted molar refractivity (Wildman–Crippen MR) is 134 cm³/mol. The number of rotatable bonds is 7. The summed E-state index contributed by atoms with van der Waals surface area (Å²) >= 11 is 0. The summed E-state index contributed by atoms with van der Waals surface area (Å²) in [7, 11) is 0. The third kappa shape index (κ3) is 6.12. The molecule has 0 aromatic heterocycles. The monoisotopic (exact) mass is 523 g/mol. The number of carbonyl (C=O) groups excluding carboxylic acids is 4. The van der Waals surface area contributed by atoms with Crippen LogP contribution in [0.3, 0.4) is 0 Å². The maximum atomic E-state index is 13.4. The van der Waals surface area contributed by atoms with Crippen LogP contribution in [-0.2, 0) is 14.3 Å². The number of nitrogens with one attached hydrogen (secondary N) is 2. The molecule has 1 fully saturated rings. The van der Waals surface area contributed by atoms with Gasteiger partial charge < -0.3 is 25.4 Å². The molecule has 1 atom stereocenters. The van der Waals surface area contributed by atoms with E-state index in [1.165, 1.54) is 19.1 Å². The predicted octanol–water partition coefficient (Wildman–Crippen LogP) is 4.23. The zero-order chi connectivity index (χ0) is 27.4. The van der Waals surface area contributed by atoms with Crippen molar-refractivity contribution in [2.24, 2.45) is 0 Å². The van der Waals surface area contributed by atoms with E-state index in [2.05, 4.69) is 10.6 Å². The first-order valence-electron chi connectivity index (χ1n) is 11.6. The molecule has 1 heterocycles. The maximum Gasteiger partial charge on any atom is 0.342 e. The Morgan fingerprint density at radius 2 is 1.61 bits per heavy atom. The molecule has 3 aromatic carbocycles. The Kier molecular flexibility index (Phi) is 7.66. The largest absolute Gasteiger partial charge is 0.507 e. The van der Waals surface area contributed by atoms with Crippen LogP contribution in [0.4, 0.5) is 25.8 Å². The zero-order valence-electron chi connectivity index (χ0n) is 20.2. The van der Waals surface area contributed by atoms with E-state index >= 15 is 0 Å². The van der Waals surface area contributed by atoms with Gasteiger partial charge in [0.1, 0.15) is 22.9 Å². The molecule has 1 aliphatic rings. The van der Waals surface area contributed by atoms with Crippen LogP contribution < -0.4 is 15.5 Å². The first-order chi connectivity index (χ1) is 18.1. The molecule has 38 heavy (non-hydrogen) atoms. The number of benzene rings is 3. The van der Waals surface area contributed by atoms with Gasteiger partial charge in [-0.1, -0.05) is 0 Å². The Morgan fingerprint density at radius 1 is 0.947 bits per heavy atom. The number of aromatic hydroxyl groups is 1. The lowest BCUT2D eigenvalue weighted by Gasteiger charge is -2.17. The van der Waals surface area contributed by atoms with Gasteiger partial charge >= 0.3 is 5.97 Å². The zero-order valence-corrected chi connectivity index (χ0v) is 20.2. The van der Waals surface area contributed by atoms with Crippen LogP contribution >= 0.6 is 0 Å². The number of ether oxygens (including phenoxy) is 1. The highest BCUT2D eigenvalue weighted by Gasteiger charge is 2.23. The second-order valence-electron chi connectivity index (χ2n) is 8.58. The van der Waals surface area contributed by atoms with Gasteiger partial charge in [-0.2, -0.15) is 0 Å². The summed E-state index contributed by atoms with van der Waals surface area (Å²) in [6.07, 6.45) is 0.0808. The molecule has 0 bridgehead atoms. The Morgan fingerprint density at radius 3 is 2.21 bits per heavy atom. The third-order valence-electron chi connectivity index (χ3n) is 5.77. The van der Waals surface area contributed by atoms with Crippen LogP contribution in [0.25, 0.3) is 0 Å². The van der Waals surface area contributed by atoms with Crippen LogP contribution in [0.2, 0.25) is 0 Å². The van der Waals surface area contributed by atoms with E-state index in [9.17, 15) is 33.1 Å². The number of esters is 1. The van der Waals surface area contributed by atoms with Gasteiger partial charge in [-0.15, -0.1) is 0 Å². The number of carbonyl (C=O) groups is 4. The molecule has 1 aliphatic heterocycles. The third-order valence-corrected chi connectivity index (χ3v) is 5.77. The standard InChI is InChI=1S/C27H23F2N3O6/c1-15(25(35)30-19-4-7-21(8-5-19)32-10-2-3-24(32)34)38-27(37)22-9-6-20(14-23(22)33)31-26(36)16-11-17(28)13-18(29)12-16/h4-9,11-15,33H,2-3,10H2,1H3,(H,30,35)(H,31,36). The molecule has 196 valence electrons. The van der Waals surface area contributed by atoms with Gasteiger partial charge in [-0.25, -0.2) is 13.6 Å². The van der Waals surface area contributed by atoms with Crippen LogP contribution in [0.5, 0.6) is 5.75 Å². The number of nitrogens with zero attached hydrogens (tertiary/aromatic N) is 1. The molecule has 0 aliphatic carbocycles. The molecule has 1 saturated heterocycles. The summed E-state index contributed by atoms with van der Waals surface area (Å²) in [5.74, 6) is -4.79. The van der Waals surface area contributed by atoms with E-state index in [4.69, 9.17) is 4.74 Å². The molecule has 0 saturated carbocycles. The molecule has 3 amide bonds. The van der Waals surface area contributed by atoms with Crippen molar-refractivity contribution >= 4 is 40.8 Å². The van der Waals surface area contributed by atoms with Crippen molar-refractivity contribution in [1.29, 1.82) is 0 Å². The summed E-state index contributed by atoms with van der Waals surface area (Å²) in [5.41, 5.74) is 0.680. The number of hydrogen-bond donors (Lipinski definition) is 3. The average Bonchev–Trinajstić information content (AvgIpc) is 3.29. The summed E-state index contributed by atoms with van der Waals surface area (Å²) in [4.78, 5) is 50.8. The van der Waals surface area contributed by atoms with Gasteiger partial charge in [0.2, 0.25) is 5.91 Å². The smallest absolute Gasteiger partial charge is 0.342 e. The molecular formula is C27H23F2N3O6. The maximum absolute atomic E-state index is 13.4. The van der Waals surface area contributed by atoms with E-state index in [0.717, 1.165) is 30.3 Å². The molecular weight excluding hydrogens is 500 g/mol. The van der Waals surface area contributed by atoms with Crippen molar-refractivity contribution in [3.05, 3.63) is 83.4 Å². The molecule has 11 heteroatoms. The minimum Gasteiger partial charge on any atom is -0.507 e. The number of halogens is 2. The fraction of sp³-hybridized carbons (Fsp3) is 0.185. The first kappa shape index (κ1) is 26.3. The van der Waals surface area contributed by atoms with Gasteiger partial charge in [-0.05, 0) is 61.9 Å². The van der Waals surface area contributed by atoms with Crippen LogP contribution in [0.1, 0.15) is 40.5 Å². The first-order valence-corrected chi connectivity index (χ1v) is 11.6. The second kappa shape index (κ2) is 11.1. The average molecular weight is 523 g/mol. The molecule has 1 unspecified atom stereocenters. The lowest BCUT2D eigenvalue weighted by Crippen LogP contribution is -2.30. The van der Waals surface area contributed by atoms with Gasteiger partial charge in [0, 0.05) is 47.7 Å². The number of amides is 3. The molecule has 9 nitrogen and oxygen atoms in total. The minimum atomic E-state index is -1.22. The van der Waals surface area contributed by atoms with E-state index in [-0.39, 0.29) is 22.7 Å². The highest BCUT2D eigenvalue weighted by Crippen LogP contribution is 2.25. The van der Waals surface area contributed by atoms with Crippen LogP contribution in [0.15, 0.2) is 60.7 Å². The highest BCUT2D eigenvalue weighted by molar-refractivity contribution is 6.05. The Labute approximate surface area is 216 Å². The van der Waals surface area contributed by atoms with Gasteiger partial charge in [0.15, 0.2) is 6.10 Å². The van der Waals surface area contributed by atoms with E-state index < -0.39 is 41.3 Å². The lowest BCUT2D eigenvalue weighted by atomic mass is 10.1. The molecule has 3 N–H and O–H groups in total. The lowest BCUT2D eigenvalue weighted by molar-refractivity contribution is -0.123. The Bertz CT molecular complexity index is 1390. The van der Waals surface area contributed by atoms with E-state index in [0.29, 0.717) is 24.7 Å². The van der Waals surface area contributed by atoms with E-state index in [1.807, 2.05) is 0 Å². The molecule has 3 aromatic rings. The molecule has 0 radical (unpaired) electrons. The van der Waals surface area contributed by atoms with Gasteiger partial charge in [0.05, 0.1) is 0 Å². The SMILES string of the molecule is CC(OC(=O)c1ccc(NC(=O)c2cc(F)cc(F)c2)cc1O)C(=O)Nc1ccc(N2CCCC2=O)cc1. The van der Waals surface area contributed by atoms with Crippen molar-refractivity contribution in [2.75, 3.05) is 22.1 Å². The number of hydrogen-bond acceptors (Lipinski definition) is 6. The van der Waals surface area contributed by atoms with Crippen molar-refractivity contribution < 1.29 is 37.8 Å². The highest BCUT2D eigenvalue weighted by atomic mass is 19.1. The fourth-order valence-electron chi connectivity index (χ4n) is 3.84. The number of phenols is 1. The summed E-state index contributed by atoms with van der Waals surface area (Å²) in [5, 5.41) is 15.2. The quantitative estimate of drug-likeness (QED) is 0.398. The number of anilines is 3. The Hall–Kier alpha value is -4.80. The summed E-state index contributed by atoms with van der Waals surface area (Å²) in [6.45, 7) is 2.00. The fourth-order valence-corrected chi connectivity index (χ4v) is 3.84. The van der Waals surface area contributed by atoms with Crippen molar-refractivity contribution in [2.45, 2.75) is 25.9 Å². The number of phenolic OH excluding ortho intramolecular Hbond substituents is 1.